The quantitative estimate of drug-likeness (QED) is 0.620. The van der Waals surface area contributed by atoms with Gasteiger partial charge < -0.3 is 14.4 Å². The molecule has 0 aromatic heterocycles. The van der Waals surface area contributed by atoms with Crippen molar-refractivity contribution in [3.8, 4) is 11.5 Å². The molecule has 0 radical (unpaired) electrons. The number of benzene rings is 1. The average Bonchev–Trinajstić information content (AvgIpc) is 2.50. The number of hydrogen-bond donors (Lipinski definition) is 0. The highest BCUT2D eigenvalue weighted by Gasteiger charge is 2.11. The molecule has 1 atom stereocenters. The Kier molecular flexibility index (Phi) is 7.83. The lowest BCUT2D eigenvalue weighted by Gasteiger charge is -2.22. The van der Waals surface area contributed by atoms with Crippen molar-refractivity contribution >= 4 is 6.29 Å². The fourth-order valence-corrected chi connectivity index (χ4v) is 2.14. The van der Waals surface area contributed by atoms with E-state index in [1.54, 1.807) is 12.1 Å². The number of carbonyl (C=O) groups excluding carboxylic acids is 1. The predicted octanol–water partition coefficient (Wildman–Crippen LogP) is 3.40. The minimum absolute atomic E-state index is 0.104. The van der Waals surface area contributed by atoms with Crippen LogP contribution in [0.5, 0.6) is 11.5 Å². The Morgan fingerprint density at radius 1 is 1.19 bits per heavy atom. The first kappa shape index (κ1) is 17.5. The maximum absolute atomic E-state index is 10.8. The molecule has 118 valence electrons. The Hall–Kier alpha value is -1.55. The van der Waals surface area contributed by atoms with Gasteiger partial charge in [0, 0.05) is 12.1 Å². The summed E-state index contributed by atoms with van der Waals surface area (Å²) in [6.07, 6.45) is 1.88. The summed E-state index contributed by atoms with van der Waals surface area (Å²) in [6, 6.07) is 5.29. The maximum Gasteiger partial charge on any atom is 0.161 e. The topological polar surface area (TPSA) is 38.8 Å². The normalized spacial score (nSPS) is 12.2. The largest absolute Gasteiger partial charge is 0.490 e. The van der Waals surface area contributed by atoms with Crippen LogP contribution in [-0.2, 0) is 0 Å². The van der Waals surface area contributed by atoms with Crippen LogP contribution < -0.4 is 9.47 Å². The fourth-order valence-electron chi connectivity index (χ4n) is 2.14. The zero-order valence-electron chi connectivity index (χ0n) is 13.6. The smallest absolute Gasteiger partial charge is 0.161 e. The Balaban J connectivity index is 2.65. The molecule has 0 aliphatic rings. The Morgan fingerprint density at radius 2 is 1.90 bits per heavy atom. The van der Waals surface area contributed by atoms with Gasteiger partial charge in [-0.25, -0.2) is 0 Å². The summed E-state index contributed by atoms with van der Waals surface area (Å²) < 4.78 is 11.5. The number of carbonyl (C=O) groups is 1. The van der Waals surface area contributed by atoms with Crippen molar-refractivity contribution in [3.63, 3.8) is 0 Å². The summed E-state index contributed by atoms with van der Waals surface area (Å²) >= 11 is 0. The summed E-state index contributed by atoms with van der Waals surface area (Å²) in [7, 11) is 0. The molecule has 0 saturated carbocycles. The van der Waals surface area contributed by atoms with Crippen molar-refractivity contribution in [3.05, 3.63) is 23.8 Å². The van der Waals surface area contributed by atoms with Crippen molar-refractivity contribution < 1.29 is 14.3 Å². The number of ether oxygens (including phenoxy) is 2. The first-order chi connectivity index (χ1) is 10.1. The number of nitrogens with zero attached hydrogens (tertiary/aromatic N) is 1. The molecule has 1 rings (SSSR count). The maximum atomic E-state index is 10.8. The van der Waals surface area contributed by atoms with Crippen LogP contribution in [0.25, 0.3) is 0 Å². The van der Waals surface area contributed by atoms with Crippen molar-refractivity contribution in [2.45, 2.75) is 40.2 Å². The third-order valence-electron chi connectivity index (χ3n) is 3.48. The molecular formula is C17H27NO3. The van der Waals surface area contributed by atoms with Crippen molar-refractivity contribution in [2.75, 3.05) is 26.2 Å². The summed E-state index contributed by atoms with van der Waals surface area (Å²) in [5.74, 6) is 1.34. The highest BCUT2D eigenvalue weighted by molar-refractivity contribution is 5.76. The van der Waals surface area contributed by atoms with E-state index in [4.69, 9.17) is 9.47 Å². The highest BCUT2D eigenvalue weighted by atomic mass is 16.5. The standard InChI is InChI=1S/C17H27NO3/c1-5-18(6-2)11-10-14(4)21-16-9-8-15(13-19)12-17(16)20-7-3/h8-9,12-14H,5-7,10-11H2,1-4H3. The zero-order chi connectivity index (χ0) is 15.7. The van der Waals surface area contributed by atoms with Crippen LogP contribution >= 0.6 is 0 Å². The van der Waals surface area contributed by atoms with E-state index in [1.165, 1.54) is 0 Å². The van der Waals surface area contributed by atoms with E-state index < -0.39 is 0 Å². The van der Waals surface area contributed by atoms with Gasteiger partial charge in [0.05, 0.1) is 12.7 Å². The SMILES string of the molecule is CCOc1cc(C=O)ccc1OC(C)CCN(CC)CC. The number of rotatable bonds is 10. The van der Waals surface area contributed by atoms with E-state index >= 15 is 0 Å². The molecule has 4 heteroatoms. The molecule has 4 nitrogen and oxygen atoms in total. The Morgan fingerprint density at radius 3 is 2.48 bits per heavy atom. The third-order valence-corrected chi connectivity index (χ3v) is 3.48. The van der Waals surface area contributed by atoms with Crippen LogP contribution in [0.2, 0.25) is 0 Å². The molecule has 21 heavy (non-hydrogen) atoms. The second-order valence-electron chi connectivity index (χ2n) is 5.00. The average molecular weight is 293 g/mol. The molecule has 0 N–H and O–H groups in total. The van der Waals surface area contributed by atoms with E-state index in [0.29, 0.717) is 23.7 Å². The highest BCUT2D eigenvalue weighted by Crippen LogP contribution is 2.29. The second kappa shape index (κ2) is 9.40. The molecule has 0 aliphatic heterocycles. The van der Waals surface area contributed by atoms with Gasteiger partial charge in [0.2, 0.25) is 0 Å². The summed E-state index contributed by atoms with van der Waals surface area (Å²) in [5.41, 5.74) is 0.599. The molecule has 0 spiro atoms. The van der Waals surface area contributed by atoms with Crippen LogP contribution in [0, 0.1) is 0 Å². The second-order valence-corrected chi connectivity index (χ2v) is 5.00. The zero-order valence-corrected chi connectivity index (χ0v) is 13.6. The molecule has 1 aromatic carbocycles. The van der Waals surface area contributed by atoms with Gasteiger partial charge in [-0.05, 0) is 51.6 Å². The lowest BCUT2D eigenvalue weighted by molar-refractivity contribution is 0.112. The lowest BCUT2D eigenvalue weighted by atomic mass is 10.2. The predicted molar refractivity (Wildman–Crippen MR) is 85.5 cm³/mol. The van der Waals surface area contributed by atoms with Gasteiger partial charge in [0.25, 0.3) is 0 Å². The van der Waals surface area contributed by atoms with E-state index in [9.17, 15) is 4.79 Å². The van der Waals surface area contributed by atoms with Gasteiger partial charge in [0.15, 0.2) is 11.5 Å². The van der Waals surface area contributed by atoms with Gasteiger partial charge >= 0.3 is 0 Å². The van der Waals surface area contributed by atoms with Crippen molar-refractivity contribution in [1.82, 2.24) is 4.90 Å². The molecule has 0 bridgehead atoms. The van der Waals surface area contributed by atoms with Gasteiger partial charge in [-0.15, -0.1) is 0 Å². The Bertz CT molecular complexity index is 430. The van der Waals surface area contributed by atoms with Crippen LogP contribution in [0.3, 0.4) is 0 Å². The minimum Gasteiger partial charge on any atom is -0.490 e. The first-order valence-corrected chi connectivity index (χ1v) is 7.75. The molecule has 0 aliphatic carbocycles. The number of aldehydes is 1. The van der Waals surface area contributed by atoms with Gasteiger partial charge in [-0.2, -0.15) is 0 Å². The molecule has 0 amide bonds. The fraction of sp³-hybridized carbons (Fsp3) is 0.588. The van der Waals surface area contributed by atoms with Gasteiger partial charge in [-0.1, -0.05) is 13.8 Å². The monoisotopic (exact) mass is 293 g/mol. The minimum atomic E-state index is 0.104. The van der Waals surface area contributed by atoms with Gasteiger partial charge in [0.1, 0.15) is 6.29 Å². The Labute approximate surface area is 128 Å². The summed E-state index contributed by atoms with van der Waals surface area (Å²) in [4.78, 5) is 13.2. The van der Waals surface area contributed by atoms with E-state index in [1.807, 2.05) is 13.0 Å². The van der Waals surface area contributed by atoms with E-state index in [0.717, 1.165) is 32.3 Å². The molecular weight excluding hydrogens is 266 g/mol. The van der Waals surface area contributed by atoms with Crippen LogP contribution in [-0.4, -0.2) is 43.5 Å². The summed E-state index contributed by atoms with van der Waals surface area (Å²) in [6.45, 7) is 12.0. The van der Waals surface area contributed by atoms with Crippen LogP contribution in [0.15, 0.2) is 18.2 Å². The van der Waals surface area contributed by atoms with Gasteiger partial charge in [-0.3, -0.25) is 4.79 Å². The van der Waals surface area contributed by atoms with Crippen LogP contribution in [0.4, 0.5) is 0 Å². The van der Waals surface area contributed by atoms with Crippen molar-refractivity contribution in [2.24, 2.45) is 0 Å². The summed E-state index contributed by atoms with van der Waals surface area (Å²) in [5, 5.41) is 0. The molecule has 0 fully saturated rings. The van der Waals surface area contributed by atoms with Crippen molar-refractivity contribution in [1.29, 1.82) is 0 Å². The molecule has 1 aromatic rings. The molecule has 1 unspecified atom stereocenters. The third kappa shape index (κ3) is 5.76. The van der Waals surface area contributed by atoms with E-state index in [2.05, 4.69) is 25.7 Å². The van der Waals surface area contributed by atoms with E-state index in [-0.39, 0.29) is 6.10 Å². The molecule has 0 saturated heterocycles. The first-order valence-electron chi connectivity index (χ1n) is 7.75. The molecule has 0 heterocycles. The lowest BCUT2D eigenvalue weighted by Crippen LogP contribution is -2.27. The number of hydrogen-bond acceptors (Lipinski definition) is 4. The van der Waals surface area contributed by atoms with Crippen LogP contribution in [0.1, 0.15) is 44.5 Å².